The second-order valence-corrected chi connectivity index (χ2v) is 2.28. The summed E-state index contributed by atoms with van der Waals surface area (Å²) in [4.78, 5) is 21.2. The molecule has 0 saturated heterocycles. The lowest BCUT2D eigenvalue weighted by molar-refractivity contribution is -0.160. The molecule has 0 fully saturated rings. The maximum Gasteiger partial charge on any atom is 0.351 e. The highest BCUT2D eigenvalue weighted by Crippen LogP contribution is 2.13. The van der Waals surface area contributed by atoms with Gasteiger partial charge in [-0.2, -0.15) is 0 Å². The maximum atomic E-state index is 13.0. The van der Waals surface area contributed by atoms with E-state index in [9.17, 15) is 14.0 Å². The third-order valence-electron chi connectivity index (χ3n) is 1.32. The summed E-state index contributed by atoms with van der Waals surface area (Å²) in [5.41, 5.74) is -2.49. The lowest BCUT2D eigenvalue weighted by atomic mass is 10.1. The molecule has 0 aromatic rings. The zero-order valence-electron chi connectivity index (χ0n) is 6.81. The van der Waals surface area contributed by atoms with Gasteiger partial charge in [-0.25, -0.2) is 9.18 Å². The monoisotopic (exact) mass is 162 g/mol. The third kappa shape index (κ3) is 2.29. The highest BCUT2D eigenvalue weighted by molar-refractivity contribution is 6.05. The molecule has 0 spiro atoms. The number of carbonyl (C=O) groups is 2. The molecule has 0 aliphatic rings. The van der Waals surface area contributed by atoms with Gasteiger partial charge < -0.3 is 4.74 Å². The number of hydrogen-bond acceptors (Lipinski definition) is 3. The van der Waals surface area contributed by atoms with E-state index in [-0.39, 0.29) is 6.61 Å². The van der Waals surface area contributed by atoms with Gasteiger partial charge in [0.25, 0.3) is 5.67 Å². The van der Waals surface area contributed by atoms with E-state index >= 15 is 0 Å². The molecule has 0 unspecified atom stereocenters. The summed E-state index contributed by atoms with van der Waals surface area (Å²) >= 11 is 0. The number of ketones is 1. The minimum Gasteiger partial charge on any atom is -0.463 e. The van der Waals surface area contributed by atoms with Crippen LogP contribution < -0.4 is 0 Å². The van der Waals surface area contributed by atoms with Crippen molar-refractivity contribution in [3.05, 3.63) is 0 Å². The first-order valence-corrected chi connectivity index (χ1v) is 3.30. The zero-order chi connectivity index (χ0) is 9.07. The van der Waals surface area contributed by atoms with Gasteiger partial charge >= 0.3 is 5.97 Å². The average Bonchev–Trinajstić information content (AvgIpc) is 1.88. The first-order chi connectivity index (χ1) is 4.92. The van der Waals surface area contributed by atoms with Crippen LogP contribution in [0.15, 0.2) is 0 Å². The van der Waals surface area contributed by atoms with E-state index in [2.05, 4.69) is 4.74 Å². The Morgan fingerprint density at radius 2 is 2.00 bits per heavy atom. The zero-order valence-corrected chi connectivity index (χ0v) is 6.81. The molecule has 0 amide bonds. The molecule has 0 saturated carbocycles. The molecule has 0 rings (SSSR count). The third-order valence-corrected chi connectivity index (χ3v) is 1.32. The summed E-state index contributed by atoms with van der Waals surface area (Å²) in [6.45, 7) is 3.53. The fraction of sp³-hybridized carbons (Fsp3) is 0.714. The van der Waals surface area contributed by atoms with Crippen LogP contribution in [-0.4, -0.2) is 24.0 Å². The number of esters is 1. The first kappa shape index (κ1) is 10.1. The fourth-order valence-corrected chi connectivity index (χ4v) is 0.410. The molecule has 0 radical (unpaired) electrons. The number of rotatable bonds is 3. The molecule has 4 heteroatoms. The van der Waals surface area contributed by atoms with Gasteiger partial charge in [0.15, 0.2) is 5.78 Å². The number of halogens is 1. The molecular weight excluding hydrogens is 151 g/mol. The van der Waals surface area contributed by atoms with Crippen LogP contribution in [0.1, 0.15) is 20.8 Å². The van der Waals surface area contributed by atoms with E-state index in [0.717, 1.165) is 13.8 Å². The van der Waals surface area contributed by atoms with Crippen molar-refractivity contribution in [2.75, 3.05) is 6.61 Å². The quantitative estimate of drug-likeness (QED) is 0.456. The summed E-state index contributed by atoms with van der Waals surface area (Å²) in [7, 11) is 0. The molecule has 0 aromatic carbocycles. The summed E-state index contributed by atoms with van der Waals surface area (Å²) in [5, 5.41) is 0. The van der Waals surface area contributed by atoms with Crippen molar-refractivity contribution in [2.45, 2.75) is 26.4 Å². The largest absolute Gasteiger partial charge is 0.463 e. The Bertz CT molecular complexity index is 175. The predicted octanol–water partition coefficient (Wildman–Crippen LogP) is 0.867. The molecule has 0 aromatic heterocycles. The Kier molecular flexibility index (Phi) is 3.17. The van der Waals surface area contributed by atoms with Gasteiger partial charge in [-0.15, -0.1) is 0 Å². The second-order valence-electron chi connectivity index (χ2n) is 2.28. The van der Waals surface area contributed by atoms with E-state index in [1.807, 2.05) is 0 Å². The Morgan fingerprint density at radius 1 is 1.55 bits per heavy atom. The Labute approximate surface area is 64.5 Å². The van der Waals surface area contributed by atoms with Crippen molar-refractivity contribution in [3.63, 3.8) is 0 Å². The Morgan fingerprint density at radius 3 is 2.27 bits per heavy atom. The molecule has 0 heterocycles. The normalized spacial score (nSPS) is 15.3. The number of alkyl halides is 1. The molecule has 0 aliphatic heterocycles. The lowest BCUT2D eigenvalue weighted by Gasteiger charge is -2.13. The van der Waals surface area contributed by atoms with Gasteiger partial charge in [0.1, 0.15) is 0 Å². The highest BCUT2D eigenvalue weighted by atomic mass is 19.1. The molecular formula is C7H11FO3. The molecule has 0 bridgehead atoms. The molecule has 64 valence electrons. The van der Waals surface area contributed by atoms with Gasteiger partial charge in [0, 0.05) is 0 Å². The van der Waals surface area contributed by atoms with Crippen LogP contribution in [0, 0.1) is 0 Å². The van der Waals surface area contributed by atoms with Gasteiger partial charge in [0.05, 0.1) is 6.61 Å². The Balaban J connectivity index is 4.30. The summed E-state index contributed by atoms with van der Waals surface area (Å²) < 4.78 is 17.3. The number of carbonyl (C=O) groups excluding carboxylic acids is 2. The van der Waals surface area contributed by atoms with Crippen LogP contribution in [0.25, 0.3) is 0 Å². The van der Waals surface area contributed by atoms with Gasteiger partial charge in [0.2, 0.25) is 0 Å². The van der Waals surface area contributed by atoms with Crippen LogP contribution in [0.3, 0.4) is 0 Å². The SMILES string of the molecule is CCOC(=O)[C@@](C)(F)C(C)=O. The van der Waals surface area contributed by atoms with Crippen molar-refractivity contribution in [1.82, 2.24) is 0 Å². The van der Waals surface area contributed by atoms with Crippen LogP contribution >= 0.6 is 0 Å². The highest BCUT2D eigenvalue weighted by Gasteiger charge is 2.39. The standard InChI is InChI=1S/C7H11FO3/c1-4-11-6(10)7(3,8)5(2)9/h4H2,1-3H3/t7-/m0/s1. The number of Topliss-reactive ketones (excluding diaryl/α,β-unsaturated/α-hetero) is 1. The van der Waals surface area contributed by atoms with E-state index in [0.29, 0.717) is 0 Å². The van der Waals surface area contributed by atoms with Crippen molar-refractivity contribution >= 4 is 11.8 Å². The smallest absolute Gasteiger partial charge is 0.351 e. The predicted molar refractivity (Wildman–Crippen MR) is 36.8 cm³/mol. The molecule has 0 aliphatic carbocycles. The van der Waals surface area contributed by atoms with E-state index in [1.165, 1.54) is 0 Å². The number of hydrogen-bond donors (Lipinski definition) is 0. The molecule has 1 atom stereocenters. The maximum absolute atomic E-state index is 13.0. The second kappa shape index (κ2) is 3.46. The van der Waals surface area contributed by atoms with Crippen molar-refractivity contribution in [1.29, 1.82) is 0 Å². The van der Waals surface area contributed by atoms with Crippen LogP contribution in [0.2, 0.25) is 0 Å². The molecule has 3 nitrogen and oxygen atoms in total. The van der Waals surface area contributed by atoms with Crippen molar-refractivity contribution in [2.24, 2.45) is 0 Å². The summed E-state index contributed by atoms with van der Waals surface area (Å²) in [6, 6.07) is 0. The molecule has 11 heavy (non-hydrogen) atoms. The molecule has 0 N–H and O–H groups in total. The van der Waals surface area contributed by atoms with E-state index < -0.39 is 17.4 Å². The van der Waals surface area contributed by atoms with Crippen molar-refractivity contribution in [3.8, 4) is 0 Å². The minimum absolute atomic E-state index is 0.0750. The first-order valence-electron chi connectivity index (χ1n) is 3.30. The summed E-state index contributed by atoms with van der Waals surface area (Å²) in [6.07, 6.45) is 0. The van der Waals surface area contributed by atoms with Gasteiger partial charge in [-0.1, -0.05) is 0 Å². The van der Waals surface area contributed by atoms with Crippen LogP contribution in [0.4, 0.5) is 4.39 Å². The average molecular weight is 162 g/mol. The van der Waals surface area contributed by atoms with Crippen LogP contribution in [0.5, 0.6) is 0 Å². The Hall–Kier alpha value is -0.930. The number of ether oxygens (including phenoxy) is 1. The minimum atomic E-state index is -2.49. The lowest BCUT2D eigenvalue weighted by Crippen LogP contribution is -2.39. The van der Waals surface area contributed by atoms with Gasteiger partial charge in [-0.3, -0.25) is 4.79 Å². The van der Waals surface area contributed by atoms with E-state index in [1.54, 1.807) is 6.92 Å². The van der Waals surface area contributed by atoms with Crippen LogP contribution in [-0.2, 0) is 14.3 Å². The van der Waals surface area contributed by atoms with Crippen molar-refractivity contribution < 1.29 is 18.7 Å². The summed E-state index contributed by atoms with van der Waals surface area (Å²) in [5.74, 6) is -1.96. The van der Waals surface area contributed by atoms with E-state index in [4.69, 9.17) is 0 Å². The fourth-order valence-electron chi connectivity index (χ4n) is 0.410. The topological polar surface area (TPSA) is 43.4 Å². The van der Waals surface area contributed by atoms with Gasteiger partial charge in [-0.05, 0) is 20.8 Å².